The Morgan fingerprint density at radius 2 is 2.47 bits per heavy atom. The van der Waals surface area contributed by atoms with Crippen LogP contribution in [0.15, 0.2) is 12.3 Å². The van der Waals surface area contributed by atoms with Gasteiger partial charge in [0.25, 0.3) is 0 Å². The van der Waals surface area contributed by atoms with Crippen molar-refractivity contribution in [3.05, 3.63) is 28.8 Å². The number of halogens is 2. The van der Waals surface area contributed by atoms with Crippen molar-refractivity contribution in [2.24, 2.45) is 0 Å². The van der Waals surface area contributed by atoms with E-state index in [1.807, 2.05) is 0 Å². The molecule has 0 saturated carbocycles. The summed E-state index contributed by atoms with van der Waals surface area (Å²) in [5, 5.41) is -0.254. The van der Waals surface area contributed by atoms with E-state index in [4.69, 9.17) is 21.1 Å². The molecular formula is C9H7ClFNO3. The lowest BCUT2D eigenvalue weighted by Gasteiger charge is -2.05. The predicted octanol–water partition coefficient (Wildman–Crippen LogP) is 1.43. The molecule has 1 unspecified atom stereocenters. The summed E-state index contributed by atoms with van der Waals surface area (Å²) in [6, 6.07) is 1.04. The van der Waals surface area contributed by atoms with Gasteiger partial charge in [0.2, 0.25) is 0 Å². The average Bonchev–Trinajstić information content (AvgIpc) is 2.74. The summed E-state index contributed by atoms with van der Waals surface area (Å²) in [7, 11) is 0. The van der Waals surface area contributed by atoms with Gasteiger partial charge in [0.05, 0.1) is 6.61 Å². The van der Waals surface area contributed by atoms with Crippen LogP contribution < -0.4 is 0 Å². The van der Waals surface area contributed by atoms with Crippen molar-refractivity contribution < 1.29 is 18.7 Å². The van der Waals surface area contributed by atoms with Gasteiger partial charge in [-0.15, -0.1) is 0 Å². The molecule has 2 heterocycles. The highest BCUT2D eigenvalue weighted by Crippen LogP contribution is 2.15. The number of rotatable bonds is 2. The molecule has 1 aliphatic heterocycles. The molecule has 0 N–H and O–H groups in total. The van der Waals surface area contributed by atoms with E-state index < -0.39 is 11.9 Å². The van der Waals surface area contributed by atoms with Gasteiger partial charge in [-0.2, -0.15) is 0 Å². The third kappa shape index (κ3) is 2.14. The molecule has 0 aromatic carbocycles. The van der Waals surface area contributed by atoms with Crippen molar-refractivity contribution in [1.82, 2.24) is 4.98 Å². The van der Waals surface area contributed by atoms with Gasteiger partial charge in [-0.25, -0.2) is 9.37 Å². The molecule has 1 atom stereocenters. The Hall–Kier alpha value is -1.04. The highest BCUT2D eigenvalue weighted by atomic mass is 35.5. The van der Waals surface area contributed by atoms with Crippen LogP contribution in [0.1, 0.15) is 10.4 Å². The van der Waals surface area contributed by atoms with Crippen LogP contribution in [0.3, 0.4) is 0 Å². The minimum atomic E-state index is -0.721. The molecule has 4 nitrogen and oxygen atoms in total. The SMILES string of the molecule is O=C(c1cnc(Cl)c(F)c1)C1COCO1. The zero-order chi connectivity index (χ0) is 10.8. The second-order valence-corrected chi connectivity index (χ2v) is 3.36. The molecule has 0 spiro atoms. The molecule has 0 radical (unpaired) electrons. The highest BCUT2D eigenvalue weighted by molar-refractivity contribution is 6.29. The van der Waals surface area contributed by atoms with Crippen molar-refractivity contribution in [3.63, 3.8) is 0 Å². The maximum absolute atomic E-state index is 13.0. The van der Waals surface area contributed by atoms with Gasteiger partial charge >= 0.3 is 0 Å². The van der Waals surface area contributed by atoms with Crippen molar-refractivity contribution in [2.75, 3.05) is 13.4 Å². The van der Waals surface area contributed by atoms with E-state index in [9.17, 15) is 9.18 Å². The summed E-state index contributed by atoms with van der Waals surface area (Å²) in [5.41, 5.74) is 0.132. The number of nitrogens with zero attached hydrogens (tertiary/aromatic N) is 1. The fraction of sp³-hybridized carbons (Fsp3) is 0.333. The van der Waals surface area contributed by atoms with Gasteiger partial charge < -0.3 is 9.47 Å². The van der Waals surface area contributed by atoms with E-state index >= 15 is 0 Å². The first-order valence-electron chi connectivity index (χ1n) is 4.23. The van der Waals surface area contributed by atoms with Gasteiger partial charge in [0.1, 0.15) is 12.9 Å². The zero-order valence-corrected chi connectivity index (χ0v) is 8.33. The van der Waals surface area contributed by atoms with Crippen LogP contribution in [0, 0.1) is 5.82 Å². The third-order valence-corrected chi connectivity index (χ3v) is 2.27. The minimum Gasteiger partial charge on any atom is -0.352 e. The quantitative estimate of drug-likeness (QED) is 0.571. The van der Waals surface area contributed by atoms with Crippen molar-refractivity contribution in [2.45, 2.75) is 6.10 Å². The molecule has 1 saturated heterocycles. The van der Waals surface area contributed by atoms with Gasteiger partial charge in [0.15, 0.2) is 16.8 Å². The number of hydrogen-bond donors (Lipinski definition) is 0. The van der Waals surface area contributed by atoms with Gasteiger partial charge in [-0.3, -0.25) is 4.79 Å². The third-order valence-electron chi connectivity index (χ3n) is 2.00. The molecule has 80 valence electrons. The maximum atomic E-state index is 13.0. The monoisotopic (exact) mass is 231 g/mol. The predicted molar refractivity (Wildman–Crippen MR) is 49.2 cm³/mol. The summed E-state index contributed by atoms with van der Waals surface area (Å²) in [4.78, 5) is 15.2. The molecule has 15 heavy (non-hydrogen) atoms. The van der Waals surface area contributed by atoms with Crippen LogP contribution in [0.5, 0.6) is 0 Å². The lowest BCUT2D eigenvalue weighted by Crippen LogP contribution is -2.23. The summed E-state index contributed by atoms with van der Waals surface area (Å²) >= 11 is 5.39. The average molecular weight is 232 g/mol. The Balaban J connectivity index is 2.21. The van der Waals surface area contributed by atoms with Gasteiger partial charge in [-0.1, -0.05) is 11.6 Å². The fourth-order valence-corrected chi connectivity index (χ4v) is 1.33. The number of pyridine rings is 1. The van der Waals surface area contributed by atoms with Crippen LogP contribution in [0.25, 0.3) is 0 Å². The molecule has 1 aromatic rings. The zero-order valence-electron chi connectivity index (χ0n) is 7.57. The number of carbonyl (C=O) groups excluding carboxylic acids is 1. The Bertz CT molecular complexity index is 393. The van der Waals surface area contributed by atoms with Crippen molar-refractivity contribution in [3.8, 4) is 0 Å². The summed E-state index contributed by atoms with van der Waals surface area (Å²) < 4.78 is 22.9. The molecule has 0 bridgehead atoms. The summed E-state index contributed by atoms with van der Waals surface area (Å²) in [6.45, 7) is 0.267. The maximum Gasteiger partial charge on any atom is 0.195 e. The Morgan fingerprint density at radius 1 is 1.67 bits per heavy atom. The van der Waals surface area contributed by atoms with Crippen molar-refractivity contribution >= 4 is 17.4 Å². The van der Waals surface area contributed by atoms with E-state index in [-0.39, 0.29) is 29.9 Å². The molecular weight excluding hydrogens is 225 g/mol. The first-order valence-corrected chi connectivity index (χ1v) is 4.61. The number of Topliss-reactive ketones (excluding diaryl/α,β-unsaturated/α-hetero) is 1. The minimum absolute atomic E-state index is 0.0832. The fourth-order valence-electron chi connectivity index (χ4n) is 1.23. The largest absolute Gasteiger partial charge is 0.352 e. The second kappa shape index (κ2) is 4.22. The van der Waals surface area contributed by atoms with E-state index in [0.717, 1.165) is 6.07 Å². The molecule has 1 aliphatic rings. The highest BCUT2D eigenvalue weighted by Gasteiger charge is 2.26. The van der Waals surface area contributed by atoms with Crippen LogP contribution in [-0.2, 0) is 9.47 Å². The van der Waals surface area contributed by atoms with Crippen LogP contribution in [-0.4, -0.2) is 30.3 Å². The first-order chi connectivity index (χ1) is 7.18. The van der Waals surface area contributed by atoms with Gasteiger partial charge in [0, 0.05) is 11.8 Å². The molecule has 6 heteroatoms. The smallest absolute Gasteiger partial charge is 0.195 e. The normalized spacial score (nSPS) is 20.5. The van der Waals surface area contributed by atoms with E-state index in [2.05, 4.69) is 4.98 Å². The van der Waals surface area contributed by atoms with Crippen LogP contribution >= 0.6 is 11.6 Å². The number of aromatic nitrogens is 1. The molecule has 0 amide bonds. The van der Waals surface area contributed by atoms with Crippen LogP contribution in [0.4, 0.5) is 4.39 Å². The first kappa shape index (κ1) is 10.5. The van der Waals surface area contributed by atoms with E-state index in [1.54, 1.807) is 0 Å². The standard InChI is InChI=1S/C9H7ClFNO3/c10-9-6(11)1-5(2-12-9)8(13)7-3-14-4-15-7/h1-2,7H,3-4H2. The number of carbonyl (C=O) groups is 1. The topological polar surface area (TPSA) is 48.4 Å². The number of hydrogen-bond acceptors (Lipinski definition) is 4. The lowest BCUT2D eigenvalue weighted by atomic mass is 10.1. The molecule has 0 aliphatic carbocycles. The second-order valence-electron chi connectivity index (χ2n) is 3.00. The number of ether oxygens (including phenoxy) is 2. The van der Waals surface area contributed by atoms with Gasteiger partial charge in [-0.05, 0) is 6.07 Å². The van der Waals surface area contributed by atoms with E-state index in [1.165, 1.54) is 6.20 Å². The van der Waals surface area contributed by atoms with Crippen molar-refractivity contribution in [1.29, 1.82) is 0 Å². The Kier molecular flexibility index (Phi) is 2.95. The molecule has 1 aromatic heterocycles. The van der Waals surface area contributed by atoms with E-state index in [0.29, 0.717) is 0 Å². The molecule has 2 rings (SSSR count). The summed E-state index contributed by atoms with van der Waals surface area (Å²) in [6.07, 6.45) is 0.544. The Morgan fingerprint density at radius 3 is 3.07 bits per heavy atom. The lowest BCUT2D eigenvalue weighted by molar-refractivity contribution is 0.0416. The molecule has 1 fully saturated rings. The summed E-state index contributed by atoms with van der Waals surface area (Å²) in [5.74, 6) is -1.07. The van der Waals surface area contributed by atoms with Crippen LogP contribution in [0.2, 0.25) is 5.15 Å². The number of ketones is 1. The Labute approximate surface area is 90.0 Å².